The summed E-state index contributed by atoms with van der Waals surface area (Å²) in [5, 5.41) is 3.84. The Bertz CT molecular complexity index is 1130. The van der Waals surface area contributed by atoms with Gasteiger partial charge in [-0.05, 0) is 61.4 Å². The van der Waals surface area contributed by atoms with Crippen LogP contribution in [0.1, 0.15) is 28.9 Å². The quantitative estimate of drug-likeness (QED) is 0.555. The zero-order chi connectivity index (χ0) is 21.1. The van der Waals surface area contributed by atoms with E-state index >= 15 is 0 Å². The number of sulfonamides is 1. The number of rotatable bonds is 6. The summed E-state index contributed by atoms with van der Waals surface area (Å²) in [4.78, 5) is 12.4. The predicted molar refractivity (Wildman–Crippen MR) is 105 cm³/mol. The molecular formula is C21H19FN2O5S. The molecule has 3 aromatic rings. The standard InChI is InChI=1S/C21H19FN2O5S/c22-17-7-3-15(4-8-17)20-13-18(23-29-20)14-28-21(25)16-5-9-19(10-6-16)30(26,27)24-11-1-2-12-24/h3-10,13H,1-2,11-12,14H2. The van der Waals surface area contributed by atoms with E-state index in [9.17, 15) is 17.6 Å². The number of nitrogens with zero attached hydrogens (tertiary/aromatic N) is 2. The smallest absolute Gasteiger partial charge is 0.338 e. The number of ether oxygens (including phenoxy) is 1. The normalized spacial score (nSPS) is 14.7. The van der Waals surface area contributed by atoms with E-state index in [1.54, 1.807) is 18.2 Å². The first-order chi connectivity index (χ1) is 14.4. The second kappa shape index (κ2) is 8.37. The molecule has 156 valence electrons. The van der Waals surface area contributed by atoms with Crippen molar-refractivity contribution in [1.82, 2.24) is 9.46 Å². The molecule has 0 spiro atoms. The lowest BCUT2D eigenvalue weighted by atomic mass is 10.1. The summed E-state index contributed by atoms with van der Waals surface area (Å²) in [5.41, 5.74) is 1.28. The van der Waals surface area contributed by atoms with Crippen molar-refractivity contribution in [2.24, 2.45) is 0 Å². The number of halogens is 1. The van der Waals surface area contributed by atoms with E-state index in [0.717, 1.165) is 12.8 Å². The molecule has 1 saturated heterocycles. The highest BCUT2D eigenvalue weighted by Gasteiger charge is 2.27. The molecule has 2 heterocycles. The first kappa shape index (κ1) is 20.2. The Morgan fingerprint density at radius 1 is 1.07 bits per heavy atom. The van der Waals surface area contributed by atoms with Crippen LogP contribution in [0.15, 0.2) is 64.0 Å². The van der Waals surface area contributed by atoms with Crippen molar-refractivity contribution in [3.8, 4) is 11.3 Å². The van der Waals surface area contributed by atoms with Crippen LogP contribution >= 0.6 is 0 Å². The van der Waals surface area contributed by atoms with Gasteiger partial charge in [0.25, 0.3) is 0 Å². The van der Waals surface area contributed by atoms with Gasteiger partial charge < -0.3 is 9.26 Å². The van der Waals surface area contributed by atoms with Crippen LogP contribution in [-0.4, -0.2) is 36.9 Å². The summed E-state index contributed by atoms with van der Waals surface area (Å²) in [6.45, 7) is 0.921. The van der Waals surface area contributed by atoms with E-state index < -0.39 is 16.0 Å². The van der Waals surface area contributed by atoms with Gasteiger partial charge in [0.05, 0.1) is 10.5 Å². The Labute approximate surface area is 173 Å². The predicted octanol–water partition coefficient (Wildman–Crippen LogP) is 3.62. The Balaban J connectivity index is 1.38. The molecule has 0 unspecified atom stereocenters. The van der Waals surface area contributed by atoms with Crippen LogP contribution in [0.4, 0.5) is 4.39 Å². The van der Waals surface area contributed by atoms with Gasteiger partial charge in [-0.3, -0.25) is 0 Å². The molecule has 0 N–H and O–H groups in total. The fraction of sp³-hybridized carbons (Fsp3) is 0.238. The molecule has 1 aliphatic rings. The number of aromatic nitrogens is 1. The molecule has 7 nitrogen and oxygen atoms in total. The lowest BCUT2D eigenvalue weighted by Crippen LogP contribution is -2.27. The Kier molecular flexibility index (Phi) is 5.65. The van der Waals surface area contributed by atoms with Gasteiger partial charge in [0.2, 0.25) is 10.0 Å². The lowest BCUT2D eigenvalue weighted by Gasteiger charge is -2.15. The van der Waals surface area contributed by atoms with Crippen LogP contribution in [0.3, 0.4) is 0 Å². The Morgan fingerprint density at radius 2 is 1.73 bits per heavy atom. The van der Waals surface area contributed by atoms with Crippen LogP contribution in [0.25, 0.3) is 11.3 Å². The van der Waals surface area contributed by atoms with E-state index in [1.165, 1.54) is 40.7 Å². The fourth-order valence-corrected chi connectivity index (χ4v) is 4.71. The minimum atomic E-state index is -3.53. The minimum absolute atomic E-state index is 0.114. The van der Waals surface area contributed by atoms with Crippen molar-refractivity contribution in [1.29, 1.82) is 0 Å². The zero-order valence-corrected chi connectivity index (χ0v) is 16.8. The summed E-state index contributed by atoms with van der Waals surface area (Å²) in [7, 11) is -3.53. The number of esters is 1. The average Bonchev–Trinajstić information content (AvgIpc) is 3.45. The number of benzene rings is 2. The SMILES string of the molecule is O=C(OCc1cc(-c2ccc(F)cc2)on1)c1ccc(S(=O)(=O)N2CCCC2)cc1. The Morgan fingerprint density at radius 3 is 2.40 bits per heavy atom. The molecule has 4 rings (SSSR count). The maximum absolute atomic E-state index is 13.0. The van der Waals surface area contributed by atoms with Crippen LogP contribution in [0.5, 0.6) is 0 Å². The third-order valence-corrected chi connectivity index (χ3v) is 6.74. The van der Waals surface area contributed by atoms with E-state index in [1.807, 2.05) is 0 Å². The molecule has 0 aliphatic carbocycles. The largest absolute Gasteiger partial charge is 0.455 e. The number of carbonyl (C=O) groups excluding carboxylic acids is 1. The topological polar surface area (TPSA) is 89.7 Å². The minimum Gasteiger partial charge on any atom is -0.455 e. The molecule has 0 atom stereocenters. The highest BCUT2D eigenvalue weighted by atomic mass is 32.2. The van der Waals surface area contributed by atoms with Gasteiger partial charge in [-0.25, -0.2) is 17.6 Å². The Hall–Kier alpha value is -3.04. The van der Waals surface area contributed by atoms with Crippen LogP contribution < -0.4 is 0 Å². The van der Waals surface area contributed by atoms with Crippen molar-refractivity contribution >= 4 is 16.0 Å². The molecule has 30 heavy (non-hydrogen) atoms. The fourth-order valence-electron chi connectivity index (χ4n) is 3.19. The van der Waals surface area contributed by atoms with E-state index in [2.05, 4.69) is 5.16 Å². The number of hydrogen-bond acceptors (Lipinski definition) is 6. The molecule has 1 aliphatic heterocycles. The van der Waals surface area contributed by atoms with E-state index in [0.29, 0.717) is 30.1 Å². The maximum atomic E-state index is 13.0. The van der Waals surface area contributed by atoms with Crippen molar-refractivity contribution in [2.45, 2.75) is 24.3 Å². The summed E-state index contributed by atoms with van der Waals surface area (Å²) >= 11 is 0. The molecule has 0 amide bonds. The third kappa shape index (κ3) is 4.27. The maximum Gasteiger partial charge on any atom is 0.338 e. The summed E-state index contributed by atoms with van der Waals surface area (Å²) < 4.78 is 49.9. The van der Waals surface area contributed by atoms with Gasteiger partial charge in [0.1, 0.15) is 18.1 Å². The van der Waals surface area contributed by atoms with Crippen molar-refractivity contribution < 1.29 is 26.9 Å². The second-order valence-corrected chi connectivity index (χ2v) is 8.84. The van der Waals surface area contributed by atoms with E-state index in [4.69, 9.17) is 9.26 Å². The molecule has 2 aromatic carbocycles. The van der Waals surface area contributed by atoms with Crippen LogP contribution in [0.2, 0.25) is 0 Å². The van der Waals surface area contributed by atoms with Crippen molar-refractivity contribution in [2.75, 3.05) is 13.1 Å². The first-order valence-corrected chi connectivity index (χ1v) is 10.9. The highest BCUT2D eigenvalue weighted by molar-refractivity contribution is 7.89. The van der Waals surface area contributed by atoms with E-state index in [-0.39, 0.29) is 22.9 Å². The third-order valence-electron chi connectivity index (χ3n) is 4.83. The van der Waals surface area contributed by atoms with Gasteiger partial charge in [0.15, 0.2) is 5.76 Å². The van der Waals surface area contributed by atoms with Gasteiger partial charge in [0, 0.05) is 24.7 Å². The zero-order valence-electron chi connectivity index (χ0n) is 16.0. The molecule has 1 fully saturated rings. The second-order valence-electron chi connectivity index (χ2n) is 6.90. The number of carbonyl (C=O) groups is 1. The highest BCUT2D eigenvalue weighted by Crippen LogP contribution is 2.23. The molecule has 0 radical (unpaired) electrons. The van der Waals surface area contributed by atoms with Crippen LogP contribution in [0, 0.1) is 5.82 Å². The molecule has 9 heteroatoms. The lowest BCUT2D eigenvalue weighted by molar-refractivity contribution is 0.0464. The molecule has 1 aromatic heterocycles. The summed E-state index contributed by atoms with van der Waals surface area (Å²) in [6.07, 6.45) is 1.71. The molecule has 0 saturated carbocycles. The molecule has 0 bridgehead atoms. The van der Waals surface area contributed by atoms with Gasteiger partial charge in [-0.2, -0.15) is 4.31 Å². The monoisotopic (exact) mass is 430 g/mol. The summed E-state index contributed by atoms with van der Waals surface area (Å²) in [5.74, 6) is -0.532. The van der Waals surface area contributed by atoms with Crippen LogP contribution in [-0.2, 0) is 21.4 Å². The summed E-state index contributed by atoms with van der Waals surface area (Å²) in [6, 6.07) is 13.0. The molecular weight excluding hydrogens is 411 g/mol. The van der Waals surface area contributed by atoms with Gasteiger partial charge in [-0.15, -0.1) is 0 Å². The van der Waals surface area contributed by atoms with Crippen molar-refractivity contribution in [3.05, 3.63) is 71.7 Å². The average molecular weight is 430 g/mol. The van der Waals surface area contributed by atoms with Crippen molar-refractivity contribution in [3.63, 3.8) is 0 Å². The van der Waals surface area contributed by atoms with Gasteiger partial charge >= 0.3 is 5.97 Å². The van der Waals surface area contributed by atoms with Gasteiger partial charge in [-0.1, -0.05) is 5.16 Å². The number of hydrogen-bond donors (Lipinski definition) is 0. The first-order valence-electron chi connectivity index (χ1n) is 9.42.